The molecular weight excluding hydrogens is 340 g/mol. The normalized spacial score (nSPS) is 17.7. The summed E-state index contributed by atoms with van der Waals surface area (Å²) in [6, 6.07) is 1.82. The monoisotopic (exact) mass is 364 g/mol. The molecule has 0 bridgehead atoms. The van der Waals surface area contributed by atoms with E-state index in [0.29, 0.717) is 13.0 Å². The average Bonchev–Trinajstić information content (AvgIpc) is 2.96. The smallest absolute Gasteiger partial charge is 0.307 e. The lowest BCUT2D eigenvalue weighted by molar-refractivity contribution is -0.142. The minimum atomic E-state index is -0.167. The standard InChI is InChI=1S/C17H24N4O3S/c1-12(8-16(23)24-3)20-6-4-19(5-7-20)10-14-9-15(22)21-13(2)11-25-17(21)18-14/h9,11-12H,4-8,10H2,1-3H3/t12-/m0/s1. The van der Waals surface area contributed by atoms with E-state index in [1.807, 2.05) is 12.3 Å². The highest BCUT2D eigenvalue weighted by Crippen LogP contribution is 2.14. The number of esters is 1. The fraction of sp³-hybridized carbons (Fsp3) is 0.588. The van der Waals surface area contributed by atoms with Crippen molar-refractivity contribution in [1.29, 1.82) is 0 Å². The van der Waals surface area contributed by atoms with Crippen LogP contribution in [0.2, 0.25) is 0 Å². The van der Waals surface area contributed by atoms with E-state index in [9.17, 15) is 9.59 Å². The summed E-state index contributed by atoms with van der Waals surface area (Å²) in [6.07, 6.45) is 0.420. The van der Waals surface area contributed by atoms with E-state index in [2.05, 4.69) is 21.7 Å². The van der Waals surface area contributed by atoms with Crippen molar-refractivity contribution in [3.8, 4) is 0 Å². The minimum Gasteiger partial charge on any atom is -0.469 e. The number of aryl methyl sites for hydroxylation is 1. The predicted octanol–water partition coefficient (Wildman–Crippen LogP) is 1.13. The maximum atomic E-state index is 12.3. The lowest BCUT2D eigenvalue weighted by atomic mass is 10.1. The van der Waals surface area contributed by atoms with E-state index < -0.39 is 0 Å². The first-order valence-corrected chi connectivity index (χ1v) is 9.36. The molecule has 1 atom stereocenters. The number of thiazole rings is 1. The van der Waals surface area contributed by atoms with E-state index in [1.165, 1.54) is 18.4 Å². The van der Waals surface area contributed by atoms with Crippen LogP contribution >= 0.6 is 11.3 Å². The highest BCUT2D eigenvalue weighted by Gasteiger charge is 2.23. The Balaban J connectivity index is 1.59. The maximum Gasteiger partial charge on any atom is 0.307 e. The van der Waals surface area contributed by atoms with Crippen LogP contribution in [0.5, 0.6) is 0 Å². The van der Waals surface area contributed by atoms with Gasteiger partial charge in [-0.2, -0.15) is 0 Å². The molecule has 0 aromatic carbocycles. The van der Waals surface area contributed by atoms with E-state index in [0.717, 1.165) is 42.5 Å². The predicted molar refractivity (Wildman–Crippen MR) is 97.0 cm³/mol. The van der Waals surface area contributed by atoms with Gasteiger partial charge in [-0.15, -0.1) is 11.3 Å². The summed E-state index contributed by atoms with van der Waals surface area (Å²) in [5.41, 5.74) is 1.74. The van der Waals surface area contributed by atoms with Gasteiger partial charge < -0.3 is 4.74 Å². The minimum absolute atomic E-state index is 0.0101. The summed E-state index contributed by atoms with van der Waals surface area (Å²) in [4.78, 5) is 33.7. The van der Waals surface area contributed by atoms with Crippen LogP contribution in [0.25, 0.3) is 4.96 Å². The van der Waals surface area contributed by atoms with Crippen LogP contribution in [0, 0.1) is 6.92 Å². The Labute approximate surface area is 150 Å². The fourth-order valence-electron chi connectivity index (χ4n) is 3.23. The molecular formula is C17H24N4O3S. The van der Waals surface area contributed by atoms with Crippen molar-refractivity contribution in [2.24, 2.45) is 0 Å². The van der Waals surface area contributed by atoms with E-state index in [4.69, 9.17) is 4.74 Å². The Bertz CT molecular complexity index is 808. The molecule has 0 aliphatic carbocycles. The molecule has 3 rings (SSSR count). The lowest BCUT2D eigenvalue weighted by Crippen LogP contribution is -2.49. The number of carbonyl (C=O) groups is 1. The number of aromatic nitrogens is 2. The lowest BCUT2D eigenvalue weighted by Gasteiger charge is -2.37. The second-order valence-corrected chi connectivity index (χ2v) is 7.36. The molecule has 2 aromatic rings. The van der Waals surface area contributed by atoms with E-state index >= 15 is 0 Å². The number of fused-ring (bicyclic) bond motifs is 1. The van der Waals surface area contributed by atoms with Gasteiger partial charge in [0.2, 0.25) is 0 Å². The molecule has 0 N–H and O–H groups in total. The van der Waals surface area contributed by atoms with Crippen molar-refractivity contribution in [2.45, 2.75) is 32.9 Å². The summed E-state index contributed by atoms with van der Waals surface area (Å²) < 4.78 is 6.40. The highest BCUT2D eigenvalue weighted by molar-refractivity contribution is 7.15. The zero-order valence-corrected chi connectivity index (χ0v) is 15.7. The van der Waals surface area contributed by atoms with Gasteiger partial charge in [0.25, 0.3) is 5.56 Å². The van der Waals surface area contributed by atoms with Crippen molar-refractivity contribution in [1.82, 2.24) is 19.2 Å². The SMILES string of the molecule is COC(=O)C[C@H](C)N1CCN(Cc2cc(=O)n3c(C)csc3n2)CC1. The van der Waals surface area contributed by atoms with E-state index in [-0.39, 0.29) is 17.6 Å². The largest absolute Gasteiger partial charge is 0.469 e. The van der Waals surface area contributed by atoms with Crippen LogP contribution in [0.15, 0.2) is 16.2 Å². The summed E-state index contributed by atoms with van der Waals surface area (Å²) in [5.74, 6) is -0.167. The average molecular weight is 364 g/mol. The maximum absolute atomic E-state index is 12.3. The highest BCUT2D eigenvalue weighted by atomic mass is 32.1. The van der Waals surface area contributed by atoms with Crippen molar-refractivity contribution in [3.63, 3.8) is 0 Å². The second kappa shape index (κ2) is 7.63. The third-order valence-corrected chi connectivity index (χ3v) is 5.68. The number of carbonyl (C=O) groups excluding carboxylic acids is 1. The molecule has 1 aliphatic heterocycles. The molecule has 1 saturated heterocycles. The first-order chi connectivity index (χ1) is 12.0. The van der Waals surface area contributed by atoms with Crippen molar-refractivity contribution in [3.05, 3.63) is 33.2 Å². The van der Waals surface area contributed by atoms with E-state index in [1.54, 1.807) is 10.5 Å². The second-order valence-electron chi connectivity index (χ2n) is 6.52. The Morgan fingerprint density at radius 1 is 1.36 bits per heavy atom. The molecule has 2 aromatic heterocycles. The van der Waals surface area contributed by atoms with Gasteiger partial charge in [-0.05, 0) is 13.8 Å². The van der Waals surface area contributed by atoms with Crippen LogP contribution in [0.3, 0.4) is 0 Å². The van der Waals surface area contributed by atoms with Gasteiger partial charge in [0.05, 0.1) is 19.2 Å². The van der Waals surface area contributed by atoms with Gasteiger partial charge in [-0.3, -0.25) is 23.8 Å². The number of rotatable bonds is 5. The third kappa shape index (κ3) is 4.08. The van der Waals surface area contributed by atoms with Crippen LogP contribution in [-0.2, 0) is 16.1 Å². The van der Waals surface area contributed by atoms with Crippen LogP contribution in [0.4, 0.5) is 0 Å². The van der Waals surface area contributed by atoms with Gasteiger partial charge in [-0.1, -0.05) is 0 Å². The first-order valence-electron chi connectivity index (χ1n) is 8.48. The molecule has 7 nitrogen and oxygen atoms in total. The Hall–Kier alpha value is -1.77. The molecule has 8 heteroatoms. The Morgan fingerprint density at radius 3 is 2.76 bits per heavy atom. The van der Waals surface area contributed by atoms with Gasteiger partial charge in [-0.25, -0.2) is 4.98 Å². The fourth-order valence-corrected chi connectivity index (χ4v) is 4.12. The molecule has 25 heavy (non-hydrogen) atoms. The summed E-state index contributed by atoms with van der Waals surface area (Å²) in [6.45, 7) is 8.26. The first kappa shape index (κ1) is 18.0. The number of nitrogens with zero attached hydrogens (tertiary/aromatic N) is 4. The number of ether oxygens (including phenoxy) is 1. The van der Waals surface area contributed by atoms with Crippen molar-refractivity contribution < 1.29 is 9.53 Å². The number of methoxy groups -OCH3 is 1. The third-order valence-electron chi connectivity index (χ3n) is 4.73. The van der Waals surface area contributed by atoms with Crippen LogP contribution in [-0.4, -0.2) is 64.5 Å². The number of hydrogen-bond acceptors (Lipinski definition) is 7. The Kier molecular flexibility index (Phi) is 5.51. The molecule has 1 fully saturated rings. The van der Waals surface area contributed by atoms with Gasteiger partial charge in [0.1, 0.15) is 0 Å². The molecule has 136 valence electrons. The van der Waals surface area contributed by atoms with Gasteiger partial charge in [0, 0.05) is 55.9 Å². The molecule has 0 amide bonds. The molecule has 0 spiro atoms. The van der Waals surface area contributed by atoms with Crippen LogP contribution in [0.1, 0.15) is 24.7 Å². The zero-order valence-electron chi connectivity index (χ0n) is 14.9. The molecule has 0 saturated carbocycles. The molecule has 0 unspecified atom stereocenters. The molecule has 0 radical (unpaired) electrons. The Morgan fingerprint density at radius 2 is 2.08 bits per heavy atom. The van der Waals surface area contributed by atoms with Crippen molar-refractivity contribution in [2.75, 3.05) is 33.3 Å². The zero-order chi connectivity index (χ0) is 18.0. The summed E-state index contributed by atoms with van der Waals surface area (Å²) in [5, 5.41) is 1.95. The quantitative estimate of drug-likeness (QED) is 0.741. The topological polar surface area (TPSA) is 67.2 Å². The van der Waals surface area contributed by atoms with Gasteiger partial charge in [0.15, 0.2) is 4.96 Å². The molecule has 1 aliphatic rings. The van der Waals surface area contributed by atoms with Crippen molar-refractivity contribution >= 4 is 22.3 Å². The molecule has 3 heterocycles. The number of hydrogen-bond donors (Lipinski definition) is 0. The van der Waals surface area contributed by atoms with Gasteiger partial charge >= 0.3 is 5.97 Å². The summed E-state index contributed by atoms with van der Waals surface area (Å²) in [7, 11) is 1.43. The number of piperazine rings is 1. The van der Waals surface area contributed by atoms with Crippen LogP contribution < -0.4 is 5.56 Å². The summed E-state index contributed by atoms with van der Waals surface area (Å²) >= 11 is 1.50.